The van der Waals surface area contributed by atoms with Crippen molar-refractivity contribution in [2.75, 3.05) is 31.1 Å². The second-order valence-corrected chi connectivity index (χ2v) is 14.3. The Hall–Kier alpha value is -4.01. The Labute approximate surface area is 283 Å². The maximum absolute atomic E-state index is 14.1. The molecule has 0 saturated carbocycles. The highest BCUT2D eigenvalue weighted by molar-refractivity contribution is 7.13. The number of hydrogen-bond acceptors (Lipinski definition) is 10. The lowest BCUT2D eigenvalue weighted by Crippen LogP contribution is -2.56. The molecule has 3 aliphatic heterocycles. The summed E-state index contributed by atoms with van der Waals surface area (Å²) in [6, 6.07) is 8.62. The molecule has 0 radical (unpaired) electrons. The van der Waals surface area contributed by atoms with Crippen LogP contribution in [0.2, 0.25) is 0 Å². The molecule has 3 fully saturated rings. The number of carbonyl (C=O) groups excluding carboxylic acids is 2. The molecule has 1 unspecified atom stereocenters. The van der Waals surface area contributed by atoms with Crippen LogP contribution in [0.5, 0.6) is 0 Å². The van der Waals surface area contributed by atoms with Crippen LogP contribution in [0.3, 0.4) is 0 Å². The van der Waals surface area contributed by atoms with E-state index in [2.05, 4.69) is 15.5 Å². The van der Waals surface area contributed by atoms with E-state index < -0.39 is 30.4 Å². The minimum Gasteiger partial charge on any atom is -0.465 e. The van der Waals surface area contributed by atoms with Gasteiger partial charge in [0.05, 0.1) is 34.3 Å². The maximum atomic E-state index is 14.1. The number of rotatable bonds is 10. The fraction of sp³-hybridized carbons (Fsp3) is 0.559. The second-order valence-electron chi connectivity index (χ2n) is 13.4. The fourth-order valence-electron chi connectivity index (χ4n) is 6.88. The van der Waals surface area contributed by atoms with Crippen molar-refractivity contribution in [1.29, 1.82) is 0 Å². The zero-order valence-corrected chi connectivity index (χ0v) is 28.6. The van der Waals surface area contributed by atoms with Crippen LogP contribution in [0.15, 0.2) is 40.4 Å². The van der Waals surface area contributed by atoms with Gasteiger partial charge in [-0.15, -0.1) is 11.3 Å². The van der Waals surface area contributed by atoms with Crippen molar-refractivity contribution in [1.82, 2.24) is 25.3 Å². The third kappa shape index (κ3) is 7.06. The molecule has 3 amide bonds. The van der Waals surface area contributed by atoms with Gasteiger partial charge in [-0.2, -0.15) is 0 Å². The largest absolute Gasteiger partial charge is 0.465 e. The van der Waals surface area contributed by atoms with Crippen molar-refractivity contribution in [3.63, 3.8) is 0 Å². The average molecular weight is 681 g/mol. The molecule has 0 aliphatic carbocycles. The van der Waals surface area contributed by atoms with Gasteiger partial charge in [0.25, 0.3) is 0 Å². The van der Waals surface area contributed by atoms with E-state index in [1.807, 2.05) is 62.4 Å². The quantitative estimate of drug-likeness (QED) is 0.280. The smallest absolute Gasteiger partial charge is 0.409 e. The number of thiazole rings is 1. The number of aliphatic hydroxyl groups excluding tert-OH is 1. The molecule has 5 atom stereocenters. The van der Waals surface area contributed by atoms with Gasteiger partial charge in [-0.05, 0) is 50.2 Å². The first-order chi connectivity index (χ1) is 23.0. The lowest BCUT2D eigenvalue weighted by molar-refractivity contribution is -0.141. The van der Waals surface area contributed by atoms with Crippen LogP contribution >= 0.6 is 11.3 Å². The van der Waals surface area contributed by atoms with Crippen molar-refractivity contribution in [3.05, 3.63) is 52.9 Å². The number of nitrogens with zero attached hydrogens (tertiary/aromatic N) is 5. The third-order valence-corrected chi connectivity index (χ3v) is 10.6. The first-order valence-corrected chi connectivity index (χ1v) is 17.5. The monoisotopic (exact) mass is 680 g/mol. The van der Waals surface area contributed by atoms with Gasteiger partial charge < -0.3 is 34.6 Å². The number of likely N-dealkylation sites (tertiary alicyclic amines) is 2. The number of carbonyl (C=O) groups is 3. The van der Waals surface area contributed by atoms with E-state index in [0.29, 0.717) is 37.6 Å². The van der Waals surface area contributed by atoms with Crippen LogP contribution in [0.25, 0.3) is 10.4 Å². The van der Waals surface area contributed by atoms with E-state index in [1.165, 1.54) is 9.80 Å². The molecule has 13 nitrogen and oxygen atoms in total. The number of benzene rings is 1. The molecule has 0 bridgehead atoms. The molecule has 2 aromatic heterocycles. The number of nitrogens with one attached hydrogen (secondary N) is 1. The van der Waals surface area contributed by atoms with Gasteiger partial charge in [-0.25, -0.2) is 9.78 Å². The Bertz CT molecular complexity index is 1600. The molecule has 5 heterocycles. The first-order valence-electron chi connectivity index (χ1n) is 16.7. The standard InChI is InChI=1S/C34H44N6O7S/c1-19(2)30(27-14-28(37-47-27)38-16-25(17-38)46-29-7-5-6-12-39(29)34(44)45)33(43)40-15-24(41)13-26(40)32(42)36-20(3)22-8-10-23(11-9-22)31-21(4)35-18-48-31/h8-11,14,18-20,24-26,29-30,41H,5-7,12-13,15-17H2,1-4H3,(H,36,42)(H,44,45)/t20-,24+,26-,29?,30+/m0/s1. The zero-order chi connectivity index (χ0) is 34.1. The summed E-state index contributed by atoms with van der Waals surface area (Å²) in [4.78, 5) is 49.5. The van der Waals surface area contributed by atoms with E-state index >= 15 is 0 Å². The lowest BCUT2D eigenvalue weighted by Gasteiger charge is -2.43. The average Bonchev–Trinajstić information content (AvgIpc) is 3.79. The number of aromatic nitrogens is 2. The normalized spacial score (nSPS) is 22.9. The highest BCUT2D eigenvalue weighted by Crippen LogP contribution is 2.35. The van der Waals surface area contributed by atoms with Crippen LogP contribution in [0.4, 0.5) is 10.6 Å². The third-order valence-electron chi connectivity index (χ3n) is 9.61. The Morgan fingerprint density at radius 1 is 1.08 bits per heavy atom. The van der Waals surface area contributed by atoms with Gasteiger partial charge in [-0.3, -0.25) is 14.5 Å². The predicted octanol–water partition coefficient (Wildman–Crippen LogP) is 4.38. The molecular formula is C34H44N6O7S. The summed E-state index contributed by atoms with van der Waals surface area (Å²) in [7, 11) is 0. The number of β-amino-alcohol motifs (C(OH)–C–C–N with tert-alkyl or cyclic N) is 1. The van der Waals surface area contributed by atoms with Crippen molar-refractivity contribution < 1.29 is 33.9 Å². The second kappa shape index (κ2) is 14.2. The number of carboxylic acid groups (broad SMARTS) is 1. The van der Waals surface area contributed by atoms with Gasteiger partial charge in [0.2, 0.25) is 11.8 Å². The lowest BCUT2D eigenvalue weighted by atomic mass is 9.91. The summed E-state index contributed by atoms with van der Waals surface area (Å²) in [6.45, 7) is 9.30. The van der Waals surface area contributed by atoms with Gasteiger partial charge in [0.1, 0.15) is 18.2 Å². The zero-order valence-electron chi connectivity index (χ0n) is 27.7. The molecular weight excluding hydrogens is 636 g/mol. The number of amides is 3. The van der Waals surface area contributed by atoms with Crippen LogP contribution < -0.4 is 10.2 Å². The Balaban J connectivity index is 1.08. The van der Waals surface area contributed by atoms with Crippen LogP contribution in [-0.4, -0.2) is 98.7 Å². The van der Waals surface area contributed by atoms with Crippen molar-refractivity contribution in [3.8, 4) is 10.4 Å². The molecule has 3 aliphatic rings. The Kier molecular flexibility index (Phi) is 10.0. The van der Waals surface area contributed by atoms with Gasteiger partial charge in [0.15, 0.2) is 11.6 Å². The summed E-state index contributed by atoms with van der Waals surface area (Å²) in [5.41, 5.74) is 4.79. The summed E-state index contributed by atoms with van der Waals surface area (Å²) in [6.07, 6.45) is 0.237. The van der Waals surface area contributed by atoms with Crippen LogP contribution in [0, 0.1) is 12.8 Å². The number of ether oxygens (including phenoxy) is 1. The topological polar surface area (TPSA) is 162 Å². The fourth-order valence-corrected chi connectivity index (χ4v) is 7.70. The minimum atomic E-state index is -0.964. The van der Waals surface area contributed by atoms with Crippen molar-refractivity contribution in [2.45, 2.75) is 89.8 Å². The number of aliphatic hydroxyl groups is 1. The molecule has 3 saturated heterocycles. The Morgan fingerprint density at radius 3 is 2.50 bits per heavy atom. The van der Waals surface area contributed by atoms with Gasteiger partial charge in [0, 0.05) is 38.7 Å². The first kappa shape index (κ1) is 33.9. The van der Waals surface area contributed by atoms with E-state index in [1.54, 1.807) is 17.4 Å². The van der Waals surface area contributed by atoms with E-state index in [-0.39, 0.29) is 42.8 Å². The van der Waals surface area contributed by atoms with E-state index in [0.717, 1.165) is 34.5 Å². The number of aryl methyl sites for hydroxylation is 1. The molecule has 0 spiro atoms. The summed E-state index contributed by atoms with van der Waals surface area (Å²) in [5.74, 6) is -0.516. The predicted molar refractivity (Wildman–Crippen MR) is 179 cm³/mol. The molecule has 48 heavy (non-hydrogen) atoms. The molecule has 14 heteroatoms. The SMILES string of the molecule is Cc1ncsc1-c1ccc([C@H](C)NC(=O)[C@@H]2C[C@@H](O)CN2C(=O)[C@@H](c2cc(N3CC(OC4CCCCN4C(=O)O)C3)no2)C(C)C)cc1. The molecule has 258 valence electrons. The van der Waals surface area contributed by atoms with Crippen LogP contribution in [0.1, 0.15) is 75.4 Å². The van der Waals surface area contributed by atoms with E-state index in [4.69, 9.17) is 9.26 Å². The van der Waals surface area contributed by atoms with Crippen molar-refractivity contribution >= 4 is 35.1 Å². The molecule has 3 aromatic rings. The summed E-state index contributed by atoms with van der Waals surface area (Å²) in [5, 5.41) is 27.4. The summed E-state index contributed by atoms with van der Waals surface area (Å²) < 4.78 is 11.8. The summed E-state index contributed by atoms with van der Waals surface area (Å²) >= 11 is 1.59. The van der Waals surface area contributed by atoms with E-state index in [9.17, 15) is 24.6 Å². The highest BCUT2D eigenvalue weighted by atomic mass is 32.1. The minimum absolute atomic E-state index is 0.0537. The molecule has 3 N–H and O–H groups in total. The Morgan fingerprint density at radius 2 is 1.83 bits per heavy atom. The van der Waals surface area contributed by atoms with Crippen LogP contribution in [-0.2, 0) is 14.3 Å². The number of piperidine rings is 1. The van der Waals surface area contributed by atoms with Gasteiger partial charge in [-0.1, -0.05) is 43.3 Å². The molecule has 1 aromatic carbocycles. The maximum Gasteiger partial charge on any atom is 0.409 e. The molecule has 6 rings (SSSR count). The van der Waals surface area contributed by atoms with Crippen molar-refractivity contribution in [2.24, 2.45) is 5.92 Å². The van der Waals surface area contributed by atoms with Gasteiger partial charge >= 0.3 is 6.09 Å². The number of anilines is 1. The highest BCUT2D eigenvalue weighted by Gasteiger charge is 2.44. The number of hydrogen-bond donors (Lipinski definition) is 3.